The number of ketones is 1. The van der Waals surface area contributed by atoms with Gasteiger partial charge in [-0.3, -0.25) is 4.79 Å². The smallest absolute Gasteiger partial charge is 0.155 e. The SMILES string of the molecule is CC(=O)COCC(O)c1ccccc1. The number of ether oxygens (including phenoxy) is 1. The van der Waals surface area contributed by atoms with Gasteiger partial charge in [0.2, 0.25) is 0 Å². The lowest BCUT2D eigenvalue weighted by Crippen LogP contribution is -2.11. The van der Waals surface area contributed by atoms with Crippen molar-refractivity contribution in [2.24, 2.45) is 0 Å². The second kappa shape index (κ2) is 5.52. The summed E-state index contributed by atoms with van der Waals surface area (Å²) >= 11 is 0. The Morgan fingerprint density at radius 1 is 1.43 bits per heavy atom. The molecule has 3 heteroatoms. The van der Waals surface area contributed by atoms with Crippen molar-refractivity contribution in [2.75, 3.05) is 13.2 Å². The largest absolute Gasteiger partial charge is 0.386 e. The summed E-state index contributed by atoms with van der Waals surface area (Å²) in [6, 6.07) is 9.23. The molecule has 1 rings (SSSR count). The topological polar surface area (TPSA) is 46.5 Å². The van der Waals surface area contributed by atoms with Crippen molar-refractivity contribution in [3.8, 4) is 0 Å². The van der Waals surface area contributed by atoms with Gasteiger partial charge in [-0.25, -0.2) is 0 Å². The highest BCUT2D eigenvalue weighted by Gasteiger charge is 2.06. The molecule has 1 aromatic rings. The molecule has 3 nitrogen and oxygen atoms in total. The van der Waals surface area contributed by atoms with E-state index in [4.69, 9.17) is 4.74 Å². The Morgan fingerprint density at radius 2 is 2.07 bits per heavy atom. The van der Waals surface area contributed by atoms with Crippen LogP contribution in [0.15, 0.2) is 30.3 Å². The fourth-order valence-electron chi connectivity index (χ4n) is 1.09. The minimum atomic E-state index is -0.657. The van der Waals surface area contributed by atoms with Crippen LogP contribution in [0.4, 0.5) is 0 Å². The zero-order valence-electron chi connectivity index (χ0n) is 8.14. The van der Waals surface area contributed by atoms with Gasteiger partial charge in [0, 0.05) is 0 Å². The van der Waals surface area contributed by atoms with Gasteiger partial charge in [0.05, 0.1) is 6.61 Å². The van der Waals surface area contributed by atoms with Crippen LogP contribution in [-0.4, -0.2) is 24.1 Å². The van der Waals surface area contributed by atoms with Crippen LogP contribution in [0.1, 0.15) is 18.6 Å². The third-order valence-electron chi connectivity index (χ3n) is 1.77. The first-order valence-electron chi connectivity index (χ1n) is 4.50. The van der Waals surface area contributed by atoms with Crippen molar-refractivity contribution in [1.82, 2.24) is 0 Å². The van der Waals surface area contributed by atoms with Crippen LogP contribution in [0.3, 0.4) is 0 Å². The van der Waals surface area contributed by atoms with Gasteiger partial charge in [0.1, 0.15) is 12.7 Å². The number of carbonyl (C=O) groups excluding carboxylic acids is 1. The molecule has 1 unspecified atom stereocenters. The average Bonchev–Trinajstić information content (AvgIpc) is 2.18. The summed E-state index contributed by atoms with van der Waals surface area (Å²) in [6.45, 7) is 1.67. The highest BCUT2D eigenvalue weighted by atomic mass is 16.5. The molecule has 1 aromatic carbocycles. The van der Waals surface area contributed by atoms with Crippen molar-refractivity contribution >= 4 is 5.78 Å². The Bertz CT molecular complexity index is 282. The summed E-state index contributed by atoms with van der Waals surface area (Å²) in [7, 11) is 0. The van der Waals surface area contributed by atoms with E-state index < -0.39 is 6.10 Å². The lowest BCUT2D eigenvalue weighted by atomic mass is 10.1. The summed E-state index contributed by atoms with van der Waals surface area (Å²) in [4.78, 5) is 10.6. The summed E-state index contributed by atoms with van der Waals surface area (Å²) in [5.41, 5.74) is 0.802. The Labute approximate surface area is 83.3 Å². The molecule has 0 bridgehead atoms. The predicted molar refractivity (Wildman–Crippen MR) is 52.9 cm³/mol. The van der Waals surface area contributed by atoms with Crippen molar-refractivity contribution < 1.29 is 14.6 Å². The Morgan fingerprint density at radius 3 is 2.64 bits per heavy atom. The number of aliphatic hydroxyl groups excluding tert-OH is 1. The van der Waals surface area contributed by atoms with Crippen LogP contribution in [0.25, 0.3) is 0 Å². The maximum atomic E-state index is 10.6. The number of Topliss-reactive ketones (excluding diaryl/α,β-unsaturated/α-hetero) is 1. The average molecular weight is 194 g/mol. The molecule has 0 aliphatic heterocycles. The molecule has 0 amide bonds. The van der Waals surface area contributed by atoms with Gasteiger partial charge >= 0.3 is 0 Å². The first-order chi connectivity index (χ1) is 6.70. The fourth-order valence-corrected chi connectivity index (χ4v) is 1.09. The van der Waals surface area contributed by atoms with Crippen LogP contribution in [0.2, 0.25) is 0 Å². The normalized spacial score (nSPS) is 12.4. The van der Waals surface area contributed by atoms with Crippen molar-refractivity contribution in [2.45, 2.75) is 13.0 Å². The van der Waals surface area contributed by atoms with Crippen LogP contribution in [-0.2, 0) is 9.53 Å². The van der Waals surface area contributed by atoms with Crippen molar-refractivity contribution in [1.29, 1.82) is 0 Å². The van der Waals surface area contributed by atoms with Gasteiger partial charge in [-0.1, -0.05) is 30.3 Å². The number of carbonyl (C=O) groups is 1. The molecule has 0 aliphatic carbocycles. The van der Waals surface area contributed by atoms with E-state index in [2.05, 4.69) is 0 Å². The van der Waals surface area contributed by atoms with Gasteiger partial charge in [0.15, 0.2) is 5.78 Å². The molecule has 0 heterocycles. The Kier molecular flexibility index (Phi) is 4.29. The van der Waals surface area contributed by atoms with Gasteiger partial charge in [-0.15, -0.1) is 0 Å². The van der Waals surface area contributed by atoms with Crippen LogP contribution < -0.4 is 0 Å². The standard InChI is InChI=1S/C11H14O3/c1-9(12)7-14-8-11(13)10-5-3-2-4-6-10/h2-6,11,13H,7-8H2,1H3. The second-order valence-corrected chi connectivity index (χ2v) is 3.14. The van der Waals surface area contributed by atoms with E-state index in [0.717, 1.165) is 5.56 Å². The zero-order valence-corrected chi connectivity index (χ0v) is 8.14. The first kappa shape index (κ1) is 10.9. The number of rotatable bonds is 5. The van der Waals surface area contributed by atoms with E-state index in [-0.39, 0.29) is 19.0 Å². The molecule has 0 spiro atoms. The number of aliphatic hydroxyl groups is 1. The lowest BCUT2D eigenvalue weighted by molar-refractivity contribution is -0.122. The molecule has 1 atom stereocenters. The summed E-state index contributed by atoms with van der Waals surface area (Å²) < 4.78 is 5.01. The number of hydrogen-bond acceptors (Lipinski definition) is 3. The molecule has 14 heavy (non-hydrogen) atoms. The van der Waals surface area contributed by atoms with Crippen molar-refractivity contribution in [3.05, 3.63) is 35.9 Å². The molecular formula is C11H14O3. The van der Waals surface area contributed by atoms with E-state index in [1.165, 1.54) is 6.92 Å². The fraction of sp³-hybridized carbons (Fsp3) is 0.364. The van der Waals surface area contributed by atoms with Crippen LogP contribution >= 0.6 is 0 Å². The summed E-state index contributed by atoms with van der Waals surface area (Å²) in [5, 5.41) is 9.60. The molecule has 0 fully saturated rings. The van der Waals surface area contributed by atoms with Gasteiger partial charge < -0.3 is 9.84 Å². The van der Waals surface area contributed by atoms with Crippen LogP contribution in [0, 0.1) is 0 Å². The predicted octanol–water partition coefficient (Wildman–Crippen LogP) is 1.33. The summed E-state index contributed by atoms with van der Waals surface area (Å²) in [6.07, 6.45) is -0.657. The molecule has 0 saturated heterocycles. The zero-order chi connectivity index (χ0) is 10.4. The lowest BCUT2D eigenvalue weighted by Gasteiger charge is -2.10. The van der Waals surface area contributed by atoms with Gasteiger partial charge in [-0.2, -0.15) is 0 Å². The highest BCUT2D eigenvalue weighted by molar-refractivity contribution is 5.76. The van der Waals surface area contributed by atoms with E-state index in [1.54, 1.807) is 0 Å². The van der Waals surface area contributed by atoms with Crippen molar-refractivity contribution in [3.63, 3.8) is 0 Å². The van der Waals surface area contributed by atoms with Crippen LogP contribution in [0.5, 0.6) is 0 Å². The molecule has 0 aliphatic rings. The molecule has 0 aromatic heterocycles. The first-order valence-corrected chi connectivity index (χ1v) is 4.50. The third kappa shape index (κ3) is 3.68. The maximum Gasteiger partial charge on any atom is 0.155 e. The summed E-state index contributed by atoms with van der Waals surface area (Å²) in [5.74, 6) is -0.0368. The molecular weight excluding hydrogens is 180 g/mol. The maximum absolute atomic E-state index is 10.6. The minimum Gasteiger partial charge on any atom is -0.386 e. The minimum absolute atomic E-state index is 0.0368. The third-order valence-corrected chi connectivity index (χ3v) is 1.77. The molecule has 1 N–H and O–H groups in total. The van der Waals surface area contributed by atoms with E-state index >= 15 is 0 Å². The number of hydrogen-bond donors (Lipinski definition) is 1. The van der Waals surface area contributed by atoms with E-state index in [1.807, 2.05) is 30.3 Å². The van der Waals surface area contributed by atoms with E-state index in [0.29, 0.717) is 0 Å². The Balaban J connectivity index is 2.36. The van der Waals surface area contributed by atoms with Gasteiger partial charge in [0.25, 0.3) is 0 Å². The quantitative estimate of drug-likeness (QED) is 0.769. The molecule has 76 valence electrons. The Hall–Kier alpha value is -1.19. The molecule has 0 saturated carbocycles. The highest BCUT2D eigenvalue weighted by Crippen LogP contribution is 2.11. The van der Waals surface area contributed by atoms with Gasteiger partial charge in [-0.05, 0) is 12.5 Å². The molecule has 0 radical (unpaired) electrons. The number of benzene rings is 1. The monoisotopic (exact) mass is 194 g/mol. The second-order valence-electron chi connectivity index (χ2n) is 3.14. The van der Waals surface area contributed by atoms with E-state index in [9.17, 15) is 9.90 Å².